The SMILES string of the molecule is NS(=O)(=O)c1ccc(OC(F)F)c(OC(F)(F)F)c1. The Bertz CT molecular complexity index is 557. The highest BCUT2D eigenvalue weighted by atomic mass is 32.2. The van der Waals surface area contributed by atoms with E-state index in [1.165, 1.54) is 0 Å². The molecule has 0 fully saturated rings. The summed E-state index contributed by atoms with van der Waals surface area (Å²) < 4.78 is 89.1. The van der Waals surface area contributed by atoms with Crippen molar-refractivity contribution in [1.82, 2.24) is 0 Å². The normalized spacial score (nSPS) is 12.6. The molecule has 1 rings (SSSR count). The van der Waals surface area contributed by atoms with Gasteiger partial charge in [-0.3, -0.25) is 0 Å². The Labute approximate surface area is 103 Å². The van der Waals surface area contributed by atoms with Gasteiger partial charge in [-0.1, -0.05) is 0 Å². The third-order valence-corrected chi connectivity index (χ3v) is 2.60. The van der Waals surface area contributed by atoms with Gasteiger partial charge in [0.15, 0.2) is 11.5 Å². The number of hydrogen-bond acceptors (Lipinski definition) is 4. The Kier molecular flexibility index (Phi) is 4.20. The Hall–Kier alpha value is -1.62. The molecule has 0 atom stereocenters. The third kappa shape index (κ3) is 4.87. The summed E-state index contributed by atoms with van der Waals surface area (Å²) in [5.41, 5.74) is 0. The topological polar surface area (TPSA) is 78.6 Å². The predicted octanol–water partition coefficient (Wildman–Crippen LogP) is 1.83. The van der Waals surface area contributed by atoms with Crippen molar-refractivity contribution in [2.75, 3.05) is 0 Å². The van der Waals surface area contributed by atoms with Crippen LogP contribution in [0, 0.1) is 0 Å². The lowest BCUT2D eigenvalue weighted by atomic mass is 10.3. The summed E-state index contributed by atoms with van der Waals surface area (Å²) in [6.45, 7) is -3.41. The molecule has 0 aromatic heterocycles. The summed E-state index contributed by atoms with van der Waals surface area (Å²) in [7, 11) is -4.32. The summed E-state index contributed by atoms with van der Waals surface area (Å²) in [6.07, 6.45) is -5.21. The Morgan fingerprint density at radius 3 is 2.16 bits per heavy atom. The van der Waals surface area contributed by atoms with E-state index in [4.69, 9.17) is 0 Å². The second kappa shape index (κ2) is 5.17. The van der Waals surface area contributed by atoms with Crippen molar-refractivity contribution in [2.24, 2.45) is 5.14 Å². The van der Waals surface area contributed by atoms with Crippen molar-refractivity contribution in [3.8, 4) is 11.5 Å². The minimum Gasteiger partial charge on any atom is -0.431 e. The van der Waals surface area contributed by atoms with Crippen LogP contribution in [0.2, 0.25) is 0 Å². The number of hydrogen-bond donors (Lipinski definition) is 1. The Morgan fingerprint density at radius 2 is 1.74 bits per heavy atom. The molecule has 1 aromatic rings. The van der Waals surface area contributed by atoms with Crippen molar-refractivity contribution in [3.05, 3.63) is 18.2 Å². The predicted molar refractivity (Wildman–Crippen MR) is 51.1 cm³/mol. The van der Waals surface area contributed by atoms with E-state index in [1.54, 1.807) is 0 Å². The van der Waals surface area contributed by atoms with Crippen LogP contribution in [0.4, 0.5) is 22.0 Å². The van der Waals surface area contributed by atoms with Crippen LogP contribution in [-0.2, 0) is 10.0 Å². The minimum absolute atomic E-state index is 0.334. The number of benzene rings is 1. The lowest BCUT2D eigenvalue weighted by Gasteiger charge is -2.14. The molecule has 5 nitrogen and oxygen atoms in total. The van der Waals surface area contributed by atoms with Crippen LogP contribution >= 0.6 is 0 Å². The van der Waals surface area contributed by atoms with E-state index >= 15 is 0 Å². The quantitative estimate of drug-likeness (QED) is 0.861. The first-order chi connectivity index (χ1) is 8.49. The highest BCUT2D eigenvalue weighted by Crippen LogP contribution is 2.34. The van der Waals surface area contributed by atoms with Crippen LogP contribution in [0.5, 0.6) is 11.5 Å². The molecule has 0 aliphatic rings. The van der Waals surface area contributed by atoms with Crippen molar-refractivity contribution in [2.45, 2.75) is 17.9 Å². The largest absolute Gasteiger partial charge is 0.573 e. The van der Waals surface area contributed by atoms with Crippen LogP contribution in [0.3, 0.4) is 0 Å². The molecule has 108 valence electrons. The van der Waals surface area contributed by atoms with Gasteiger partial charge in [-0.25, -0.2) is 13.6 Å². The first kappa shape index (κ1) is 15.4. The van der Waals surface area contributed by atoms with Gasteiger partial charge in [0.25, 0.3) is 0 Å². The summed E-state index contributed by atoms with van der Waals surface area (Å²) in [4.78, 5) is -0.742. The lowest BCUT2D eigenvalue weighted by Crippen LogP contribution is -2.19. The van der Waals surface area contributed by atoms with Gasteiger partial charge in [-0.15, -0.1) is 13.2 Å². The van der Waals surface area contributed by atoms with Gasteiger partial charge in [0.2, 0.25) is 10.0 Å². The maximum absolute atomic E-state index is 12.0. The van der Waals surface area contributed by atoms with Gasteiger partial charge in [0.05, 0.1) is 4.90 Å². The van der Waals surface area contributed by atoms with E-state index in [2.05, 4.69) is 14.6 Å². The number of primary sulfonamides is 1. The number of rotatable bonds is 4. The monoisotopic (exact) mass is 307 g/mol. The molecule has 2 N–H and O–H groups in total. The molecule has 0 saturated carbocycles. The van der Waals surface area contributed by atoms with Crippen molar-refractivity contribution < 1.29 is 39.8 Å². The number of nitrogens with two attached hydrogens (primary N) is 1. The molecule has 0 spiro atoms. The number of sulfonamides is 1. The average molecular weight is 307 g/mol. The first-order valence-electron chi connectivity index (χ1n) is 4.36. The molecular formula is C8H6F5NO4S. The van der Waals surface area contributed by atoms with E-state index in [9.17, 15) is 30.4 Å². The zero-order valence-electron chi connectivity index (χ0n) is 8.82. The van der Waals surface area contributed by atoms with E-state index < -0.39 is 39.4 Å². The van der Waals surface area contributed by atoms with Crippen LogP contribution in [0.15, 0.2) is 23.1 Å². The fourth-order valence-electron chi connectivity index (χ4n) is 1.06. The fourth-order valence-corrected chi connectivity index (χ4v) is 1.59. The highest BCUT2D eigenvalue weighted by Gasteiger charge is 2.33. The molecule has 11 heteroatoms. The maximum atomic E-state index is 12.0. The van der Waals surface area contributed by atoms with Gasteiger partial charge in [-0.05, 0) is 12.1 Å². The molecule has 0 bridgehead atoms. The number of ether oxygens (including phenoxy) is 2. The molecular weight excluding hydrogens is 301 g/mol. The van der Waals surface area contributed by atoms with Crippen molar-refractivity contribution in [3.63, 3.8) is 0 Å². The maximum Gasteiger partial charge on any atom is 0.573 e. The van der Waals surface area contributed by atoms with Gasteiger partial charge < -0.3 is 9.47 Å². The standard InChI is InChI=1S/C8H6F5NO4S/c9-7(10)17-5-2-1-4(19(14,15)16)3-6(5)18-8(11,12)13/h1-3,7H,(H2,14,15,16). The van der Waals surface area contributed by atoms with E-state index in [0.717, 1.165) is 0 Å². The van der Waals surface area contributed by atoms with Gasteiger partial charge in [0, 0.05) is 6.07 Å². The summed E-state index contributed by atoms with van der Waals surface area (Å²) in [5.74, 6) is -2.21. The van der Waals surface area contributed by atoms with Crippen molar-refractivity contribution >= 4 is 10.0 Å². The first-order valence-corrected chi connectivity index (χ1v) is 5.91. The highest BCUT2D eigenvalue weighted by molar-refractivity contribution is 7.89. The van der Waals surface area contributed by atoms with Crippen LogP contribution in [-0.4, -0.2) is 21.4 Å². The second-order valence-electron chi connectivity index (χ2n) is 3.08. The zero-order chi connectivity index (χ0) is 14.8. The summed E-state index contributed by atoms with van der Waals surface area (Å²) in [5, 5.41) is 4.69. The summed E-state index contributed by atoms with van der Waals surface area (Å²) >= 11 is 0. The summed E-state index contributed by atoms with van der Waals surface area (Å²) in [6, 6.07) is 1.61. The van der Waals surface area contributed by atoms with E-state index in [-0.39, 0.29) is 0 Å². The molecule has 0 saturated heterocycles. The molecule has 0 amide bonds. The van der Waals surface area contributed by atoms with Crippen molar-refractivity contribution in [1.29, 1.82) is 0 Å². The molecule has 19 heavy (non-hydrogen) atoms. The third-order valence-electron chi connectivity index (χ3n) is 1.69. The van der Waals surface area contributed by atoms with Crippen LogP contribution in [0.1, 0.15) is 0 Å². The average Bonchev–Trinajstić information content (AvgIpc) is 2.15. The fraction of sp³-hybridized carbons (Fsp3) is 0.250. The minimum atomic E-state index is -5.21. The van der Waals surface area contributed by atoms with E-state index in [1.807, 2.05) is 0 Å². The van der Waals surface area contributed by atoms with E-state index in [0.29, 0.717) is 18.2 Å². The molecule has 0 aliphatic carbocycles. The zero-order valence-corrected chi connectivity index (χ0v) is 9.63. The lowest BCUT2D eigenvalue weighted by molar-refractivity contribution is -0.275. The molecule has 0 unspecified atom stereocenters. The molecule has 0 heterocycles. The Morgan fingerprint density at radius 1 is 1.16 bits per heavy atom. The smallest absolute Gasteiger partial charge is 0.431 e. The van der Waals surface area contributed by atoms with Gasteiger partial charge in [0.1, 0.15) is 0 Å². The molecule has 0 aliphatic heterocycles. The van der Waals surface area contributed by atoms with Crippen LogP contribution < -0.4 is 14.6 Å². The number of alkyl halides is 5. The molecule has 1 aromatic carbocycles. The molecule has 0 radical (unpaired) electrons. The van der Waals surface area contributed by atoms with Gasteiger partial charge >= 0.3 is 13.0 Å². The second-order valence-corrected chi connectivity index (χ2v) is 4.64. The van der Waals surface area contributed by atoms with Crippen LogP contribution in [0.25, 0.3) is 0 Å². The van der Waals surface area contributed by atoms with Gasteiger partial charge in [-0.2, -0.15) is 8.78 Å². The number of halogens is 5. The Balaban J connectivity index is 3.26.